The lowest BCUT2D eigenvalue weighted by Gasteiger charge is -2.26. The zero-order valence-electron chi connectivity index (χ0n) is 10.6. The van der Waals surface area contributed by atoms with Gasteiger partial charge in [-0.3, -0.25) is 4.79 Å². The number of nitrogens with two attached hydrogens (primary N) is 1. The normalized spacial score (nSPS) is 23.5. The molecule has 0 spiro atoms. The van der Waals surface area contributed by atoms with Crippen molar-refractivity contribution in [2.24, 2.45) is 16.3 Å². The Morgan fingerprint density at radius 1 is 1.65 bits per heavy atom. The first-order chi connectivity index (χ1) is 7.89. The Hall–Kier alpha value is -1.30. The van der Waals surface area contributed by atoms with E-state index in [9.17, 15) is 4.79 Å². The van der Waals surface area contributed by atoms with Gasteiger partial charge in [0.25, 0.3) is 0 Å². The molecule has 1 saturated heterocycles. The van der Waals surface area contributed by atoms with E-state index in [4.69, 9.17) is 15.7 Å². The number of hydrogen-bond donors (Lipinski definition) is 3. The highest BCUT2D eigenvalue weighted by Gasteiger charge is 2.35. The number of rotatable bonds is 4. The molecule has 0 aromatic rings. The van der Waals surface area contributed by atoms with Gasteiger partial charge in [0.05, 0.1) is 12.1 Å². The summed E-state index contributed by atoms with van der Waals surface area (Å²) in [7, 11) is 0. The Balaban J connectivity index is 2.59. The Morgan fingerprint density at radius 3 is 2.76 bits per heavy atom. The number of carbonyl (C=O) groups excluding carboxylic acids is 1. The summed E-state index contributed by atoms with van der Waals surface area (Å²) >= 11 is 0. The predicted molar refractivity (Wildman–Crippen MR) is 63.8 cm³/mol. The largest absolute Gasteiger partial charge is 0.409 e. The summed E-state index contributed by atoms with van der Waals surface area (Å²) in [4.78, 5) is 12.0. The summed E-state index contributed by atoms with van der Waals surface area (Å²) in [5.74, 6) is -0.370. The van der Waals surface area contributed by atoms with E-state index in [1.165, 1.54) is 0 Å². The van der Waals surface area contributed by atoms with Crippen molar-refractivity contribution in [3.63, 3.8) is 0 Å². The molecule has 1 heterocycles. The van der Waals surface area contributed by atoms with Crippen molar-refractivity contribution in [1.82, 2.24) is 5.32 Å². The lowest BCUT2D eigenvalue weighted by atomic mass is 9.90. The van der Waals surface area contributed by atoms with Crippen LogP contribution >= 0.6 is 0 Å². The van der Waals surface area contributed by atoms with Crippen LogP contribution in [0.2, 0.25) is 0 Å². The number of amides is 1. The fourth-order valence-corrected chi connectivity index (χ4v) is 1.72. The SMILES string of the molecule is CC(NC(=O)C(C)(C)C(N)=NO)C1CCCO1. The van der Waals surface area contributed by atoms with Crippen LogP contribution in [0, 0.1) is 5.41 Å². The van der Waals surface area contributed by atoms with E-state index in [1.54, 1.807) is 13.8 Å². The van der Waals surface area contributed by atoms with E-state index in [0.29, 0.717) is 0 Å². The number of ether oxygens (including phenoxy) is 1. The highest BCUT2D eigenvalue weighted by Crippen LogP contribution is 2.19. The van der Waals surface area contributed by atoms with Crippen LogP contribution in [0.5, 0.6) is 0 Å². The fourth-order valence-electron chi connectivity index (χ4n) is 1.72. The van der Waals surface area contributed by atoms with E-state index < -0.39 is 5.41 Å². The molecule has 17 heavy (non-hydrogen) atoms. The molecule has 0 aliphatic carbocycles. The second kappa shape index (κ2) is 5.35. The molecule has 0 aromatic carbocycles. The maximum Gasteiger partial charge on any atom is 0.233 e. The van der Waals surface area contributed by atoms with Gasteiger partial charge in [-0.25, -0.2) is 0 Å². The molecule has 0 aromatic heterocycles. The molecule has 2 atom stereocenters. The average molecular weight is 243 g/mol. The molecule has 1 amide bonds. The van der Waals surface area contributed by atoms with Crippen LogP contribution in [-0.2, 0) is 9.53 Å². The smallest absolute Gasteiger partial charge is 0.233 e. The van der Waals surface area contributed by atoms with Crippen molar-refractivity contribution in [3.8, 4) is 0 Å². The van der Waals surface area contributed by atoms with Crippen LogP contribution in [0.3, 0.4) is 0 Å². The van der Waals surface area contributed by atoms with E-state index >= 15 is 0 Å². The molecule has 0 radical (unpaired) electrons. The number of amidine groups is 1. The number of nitrogens with one attached hydrogen (secondary N) is 1. The first-order valence-corrected chi connectivity index (χ1v) is 5.80. The Morgan fingerprint density at radius 2 is 2.29 bits per heavy atom. The molecule has 0 bridgehead atoms. The first kappa shape index (κ1) is 13.8. The highest BCUT2D eigenvalue weighted by molar-refractivity contribution is 6.05. The third kappa shape index (κ3) is 3.09. The quantitative estimate of drug-likeness (QED) is 0.289. The predicted octanol–water partition coefficient (Wildman–Crippen LogP) is 0.443. The molecule has 1 rings (SSSR count). The van der Waals surface area contributed by atoms with Gasteiger partial charge >= 0.3 is 0 Å². The third-order valence-electron chi connectivity index (χ3n) is 3.20. The average Bonchev–Trinajstić information content (AvgIpc) is 2.81. The monoisotopic (exact) mass is 243 g/mol. The van der Waals surface area contributed by atoms with Gasteiger partial charge in [-0.05, 0) is 33.6 Å². The fraction of sp³-hybridized carbons (Fsp3) is 0.818. The highest BCUT2D eigenvalue weighted by atomic mass is 16.5. The summed E-state index contributed by atoms with van der Waals surface area (Å²) in [6.07, 6.45) is 2.03. The van der Waals surface area contributed by atoms with Crippen LogP contribution in [-0.4, -0.2) is 35.7 Å². The van der Waals surface area contributed by atoms with Gasteiger partial charge < -0.3 is 21.0 Å². The molecule has 1 aliphatic heterocycles. The molecule has 2 unspecified atom stereocenters. The molecule has 6 nitrogen and oxygen atoms in total. The maximum absolute atomic E-state index is 12.0. The summed E-state index contributed by atoms with van der Waals surface area (Å²) in [6.45, 7) is 5.87. The van der Waals surface area contributed by atoms with E-state index in [2.05, 4.69) is 10.5 Å². The van der Waals surface area contributed by atoms with Crippen molar-refractivity contribution < 1.29 is 14.7 Å². The summed E-state index contributed by atoms with van der Waals surface area (Å²) in [5.41, 5.74) is 4.46. The van der Waals surface area contributed by atoms with E-state index in [-0.39, 0.29) is 23.9 Å². The molecule has 4 N–H and O–H groups in total. The molecule has 0 saturated carbocycles. The maximum atomic E-state index is 12.0. The van der Waals surface area contributed by atoms with Gasteiger partial charge in [0.15, 0.2) is 5.84 Å². The Labute approximate surface area is 101 Å². The number of carbonyl (C=O) groups is 1. The second-order valence-electron chi connectivity index (χ2n) is 4.92. The molecule has 98 valence electrons. The van der Waals surface area contributed by atoms with Crippen molar-refractivity contribution in [2.75, 3.05) is 6.61 Å². The van der Waals surface area contributed by atoms with Crippen molar-refractivity contribution in [3.05, 3.63) is 0 Å². The van der Waals surface area contributed by atoms with Gasteiger partial charge in [-0.2, -0.15) is 0 Å². The summed E-state index contributed by atoms with van der Waals surface area (Å²) in [5, 5.41) is 14.4. The zero-order valence-corrected chi connectivity index (χ0v) is 10.6. The molecular weight excluding hydrogens is 222 g/mol. The minimum absolute atomic E-state index is 0.0574. The lowest BCUT2D eigenvalue weighted by molar-refractivity contribution is -0.127. The van der Waals surface area contributed by atoms with Crippen molar-refractivity contribution in [1.29, 1.82) is 0 Å². The van der Waals surface area contributed by atoms with Gasteiger partial charge in [0.1, 0.15) is 5.41 Å². The minimum atomic E-state index is -1.03. The molecule has 6 heteroatoms. The summed E-state index contributed by atoms with van der Waals surface area (Å²) in [6, 6.07) is -0.0734. The second-order valence-corrected chi connectivity index (χ2v) is 4.92. The minimum Gasteiger partial charge on any atom is -0.409 e. The van der Waals surface area contributed by atoms with E-state index in [0.717, 1.165) is 19.4 Å². The number of hydrogen-bond acceptors (Lipinski definition) is 4. The topological polar surface area (TPSA) is 96.9 Å². The number of oxime groups is 1. The molecule has 1 aliphatic rings. The van der Waals surface area contributed by atoms with Gasteiger partial charge in [0.2, 0.25) is 5.91 Å². The zero-order chi connectivity index (χ0) is 13.1. The van der Waals surface area contributed by atoms with Gasteiger partial charge in [0, 0.05) is 6.61 Å². The van der Waals surface area contributed by atoms with Crippen LogP contribution in [0.25, 0.3) is 0 Å². The number of nitrogens with zero attached hydrogens (tertiary/aromatic N) is 1. The van der Waals surface area contributed by atoms with Crippen LogP contribution in [0.4, 0.5) is 0 Å². The van der Waals surface area contributed by atoms with Crippen molar-refractivity contribution >= 4 is 11.7 Å². The van der Waals surface area contributed by atoms with Crippen LogP contribution in [0.1, 0.15) is 33.6 Å². The van der Waals surface area contributed by atoms with Gasteiger partial charge in [-0.1, -0.05) is 5.16 Å². The standard InChI is InChI=1S/C11H21N3O3/c1-7(8-5-4-6-17-8)13-10(15)11(2,3)9(12)14-16/h7-8,16H,4-6H2,1-3H3,(H2,12,14)(H,13,15). The van der Waals surface area contributed by atoms with E-state index in [1.807, 2.05) is 6.92 Å². The Kier molecular flexibility index (Phi) is 4.34. The third-order valence-corrected chi connectivity index (χ3v) is 3.20. The lowest BCUT2D eigenvalue weighted by Crippen LogP contribution is -2.51. The van der Waals surface area contributed by atoms with Crippen LogP contribution in [0.15, 0.2) is 5.16 Å². The summed E-state index contributed by atoms with van der Waals surface area (Å²) < 4.78 is 5.49. The van der Waals surface area contributed by atoms with Gasteiger partial charge in [-0.15, -0.1) is 0 Å². The van der Waals surface area contributed by atoms with Crippen LogP contribution < -0.4 is 11.1 Å². The van der Waals surface area contributed by atoms with Crippen molar-refractivity contribution in [2.45, 2.75) is 45.8 Å². The molecule has 1 fully saturated rings. The first-order valence-electron chi connectivity index (χ1n) is 5.80. The Bertz CT molecular complexity index is 309. The molecular formula is C11H21N3O3.